The number of ether oxygens (including phenoxy) is 1. The van der Waals surface area contributed by atoms with E-state index < -0.39 is 5.97 Å². The first-order valence-electron chi connectivity index (χ1n) is 4.05. The Kier molecular flexibility index (Phi) is 5.39. The molecule has 0 radical (unpaired) electrons. The van der Waals surface area contributed by atoms with Crippen molar-refractivity contribution < 1.29 is 9.53 Å². The molecule has 0 aliphatic heterocycles. The maximum atomic E-state index is 11.1. The van der Waals surface area contributed by atoms with E-state index in [-0.39, 0.29) is 18.2 Å². The highest BCUT2D eigenvalue weighted by atomic mass is 16.5. The van der Waals surface area contributed by atoms with E-state index in [1.165, 1.54) is 0 Å². The Labute approximate surface area is 77.0 Å². The van der Waals surface area contributed by atoms with Gasteiger partial charge in [0, 0.05) is 4.91 Å². The van der Waals surface area contributed by atoms with E-state index in [1.54, 1.807) is 13.0 Å². The van der Waals surface area contributed by atoms with E-state index in [4.69, 9.17) is 5.53 Å². The lowest BCUT2D eigenvalue weighted by molar-refractivity contribution is -0.138. The minimum Gasteiger partial charge on any atom is -0.462 e. The van der Waals surface area contributed by atoms with Crippen molar-refractivity contribution in [1.29, 1.82) is 0 Å². The lowest BCUT2D eigenvalue weighted by Gasteiger charge is -2.02. The van der Waals surface area contributed by atoms with Gasteiger partial charge in [-0.1, -0.05) is 25.0 Å². The largest absolute Gasteiger partial charge is 0.462 e. The first-order valence-corrected chi connectivity index (χ1v) is 4.05. The molecule has 0 N–H and O–H groups in total. The number of hydrogen-bond acceptors (Lipinski definition) is 3. The highest BCUT2D eigenvalue weighted by Gasteiger charge is 2.08. The topological polar surface area (TPSA) is 75.1 Å². The predicted molar refractivity (Wildman–Crippen MR) is 48.7 cm³/mol. The van der Waals surface area contributed by atoms with Crippen molar-refractivity contribution in [3.63, 3.8) is 0 Å². The summed E-state index contributed by atoms with van der Waals surface area (Å²) in [6.45, 7) is 5.73. The summed E-state index contributed by atoms with van der Waals surface area (Å²) >= 11 is 0. The normalized spacial score (nSPS) is 10.9. The summed E-state index contributed by atoms with van der Waals surface area (Å²) in [5.74, 6) is -0.432. The summed E-state index contributed by atoms with van der Waals surface area (Å²) in [6, 6.07) is 0. The van der Waals surface area contributed by atoms with Crippen LogP contribution in [0, 0.1) is 5.92 Å². The average molecular weight is 183 g/mol. The Balaban J connectivity index is 4.60. The van der Waals surface area contributed by atoms with Crippen LogP contribution in [0.25, 0.3) is 10.4 Å². The molecule has 5 nitrogen and oxygen atoms in total. The van der Waals surface area contributed by atoms with Gasteiger partial charge in [-0.25, -0.2) is 4.79 Å². The summed E-state index contributed by atoms with van der Waals surface area (Å²) < 4.78 is 4.69. The number of esters is 1. The van der Waals surface area contributed by atoms with Gasteiger partial charge in [0.15, 0.2) is 0 Å². The number of azide groups is 1. The SMILES string of the molecule is CCOC(=O)C(=CC(C)C)N=[N+]=[N-]. The first-order chi connectivity index (χ1) is 6.11. The molecule has 0 aromatic heterocycles. The molecule has 0 bridgehead atoms. The second kappa shape index (κ2) is 6.08. The summed E-state index contributed by atoms with van der Waals surface area (Å²) in [5.41, 5.74) is 8.20. The number of allylic oxidation sites excluding steroid dienone is 1. The van der Waals surface area contributed by atoms with Gasteiger partial charge in [0.2, 0.25) is 0 Å². The second-order valence-corrected chi connectivity index (χ2v) is 2.71. The molecule has 0 aromatic rings. The molecule has 0 aliphatic rings. The van der Waals surface area contributed by atoms with Crippen LogP contribution in [0.1, 0.15) is 20.8 Å². The van der Waals surface area contributed by atoms with Crippen LogP contribution in [-0.4, -0.2) is 12.6 Å². The van der Waals surface area contributed by atoms with E-state index in [2.05, 4.69) is 14.8 Å². The molecule has 0 heterocycles. The molecule has 0 spiro atoms. The van der Waals surface area contributed by atoms with Crippen molar-refractivity contribution in [2.24, 2.45) is 11.0 Å². The second-order valence-electron chi connectivity index (χ2n) is 2.71. The fourth-order valence-electron chi connectivity index (χ4n) is 0.711. The molecule has 0 saturated carbocycles. The molecule has 13 heavy (non-hydrogen) atoms. The average Bonchev–Trinajstić information content (AvgIpc) is 2.03. The van der Waals surface area contributed by atoms with Gasteiger partial charge in [0.25, 0.3) is 0 Å². The molecular formula is C8H13N3O2. The third-order valence-corrected chi connectivity index (χ3v) is 1.13. The monoisotopic (exact) mass is 183 g/mol. The summed E-state index contributed by atoms with van der Waals surface area (Å²) in [7, 11) is 0. The molecule has 5 heteroatoms. The molecule has 0 saturated heterocycles. The van der Waals surface area contributed by atoms with Crippen molar-refractivity contribution in [2.75, 3.05) is 6.61 Å². The van der Waals surface area contributed by atoms with E-state index in [9.17, 15) is 4.79 Å². The molecule has 72 valence electrons. The molecule has 0 aliphatic carbocycles. The number of rotatable bonds is 4. The first kappa shape index (κ1) is 11.5. The molecule has 0 atom stereocenters. The lowest BCUT2D eigenvalue weighted by atomic mass is 10.2. The standard InChI is InChI=1S/C8H13N3O2/c1-4-13-8(12)7(10-11-9)5-6(2)3/h5-6H,4H2,1-3H3. The Morgan fingerprint density at radius 2 is 2.31 bits per heavy atom. The van der Waals surface area contributed by atoms with Gasteiger partial charge >= 0.3 is 5.97 Å². The van der Waals surface area contributed by atoms with Crippen LogP contribution in [0.5, 0.6) is 0 Å². The zero-order valence-corrected chi connectivity index (χ0v) is 8.02. The van der Waals surface area contributed by atoms with Crippen molar-refractivity contribution in [2.45, 2.75) is 20.8 Å². The summed E-state index contributed by atoms with van der Waals surface area (Å²) in [4.78, 5) is 13.7. The van der Waals surface area contributed by atoms with Crippen LogP contribution >= 0.6 is 0 Å². The van der Waals surface area contributed by atoms with Crippen molar-refractivity contribution in [1.82, 2.24) is 0 Å². The van der Waals surface area contributed by atoms with E-state index in [0.717, 1.165) is 0 Å². The molecular weight excluding hydrogens is 170 g/mol. The zero-order valence-electron chi connectivity index (χ0n) is 8.02. The Bertz CT molecular complexity index is 252. The Morgan fingerprint density at radius 3 is 2.69 bits per heavy atom. The molecule has 0 rings (SSSR count). The minimum atomic E-state index is -0.575. The third kappa shape index (κ3) is 4.87. The van der Waals surface area contributed by atoms with Crippen LogP contribution in [-0.2, 0) is 9.53 Å². The molecule has 0 amide bonds. The Morgan fingerprint density at radius 1 is 1.69 bits per heavy atom. The highest BCUT2D eigenvalue weighted by Crippen LogP contribution is 2.06. The van der Waals surface area contributed by atoms with Crippen molar-refractivity contribution in [3.05, 3.63) is 22.2 Å². The van der Waals surface area contributed by atoms with Crippen LogP contribution in [0.3, 0.4) is 0 Å². The van der Waals surface area contributed by atoms with Gasteiger partial charge in [0.1, 0.15) is 5.70 Å². The van der Waals surface area contributed by atoms with Crippen molar-refractivity contribution in [3.8, 4) is 0 Å². The predicted octanol–water partition coefficient (Wildman–Crippen LogP) is 2.40. The van der Waals surface area contributed by atoms with Crippen LogP contribution in [0.15, 0.2) is 16.9 Å². The van der Waals surface area contributed by atoms with Gasteiger partial charge in [-0.05, 0) is 18.4 Å². The quantitative estimate of drug-likeness (QED) is 0.220. The van der Waals surface area contributed by atoms with E-state index in [1.807, 2.05) is 13.8 Å². The maximum absolute atomic E-state index is 11.1. The van der Waals surface area contributed by atoms with Gasteiger partial charge in [-0.2, -0.15) is 0 Å². The van der Waals surface area contributed by atoms with Gasteiger partial charge in [-0.3, -0.25) is 0 Å². The van der Waals surface area contributed by atoms with Gasteiger partial charge < -0.3 is 4.74 Å². The summed E-state index contributed by atoms with van der Waals surface area (Å²) in [5, 5.41) is 3.25. The number of nitrogens with zero attached hydrogens (tertiary/aromatic N) is 3. The zero-order chi connectivity index (χ0) is 10.3. The number of carbonyl (C=O) groups is 1. The van der Waals surface area contributed by atoms with E-state index >= 15 is 0 Å². The van der Waals surface area contributed by atoms with Crippen LogP contribution < -0.4 is 0 Å². The molecule has 0 fully saturated rings. The third-order valence-electron chi connectivity index (χ3n) is 1.13. The fraction of sp³-hybridized carbons (Fsp3) is 0.625. The van der Waals surface area contributed by atoms with Gasteiger partial charge in [-0.15, -0.1) is 0 Å². The molecule has 0 unspecified atom stereocenters. The molecule has 0 aromatic carbocycles. The number of carbonyl (C=O) groups excluding carboxylic acids is 1. The summed E-state index contributed by atoms with van der Waals surface area (Å²) in [6.07, 6.45) is 1.57. The Hall–Kier alpha value is -1.48. The minimum absolute atomic E-state index is 0.0272. The maximum Gasteiger partial charge on any atom is 0.340 e. The highest BCUT2D eigenvalue weighted by molar-refractivity contribution is 5.87. The van der Waals surface area contributed by atoms with Crippen molar-refractivity contribution >= 4 is 5.97 Å². The number of hydrogen-bond donors (Lipinski definition) is 0. The van der Waals surface area contributed by atoms with Crippen LogP contribution in [0.4, 0.5) is 0 Å². The smallest absolute Gasteiger partial charge is 0.340 e. The lowest BCUT2D eigenvalue weighted by Crippen LogP contribution is -2.06. The fourth-order valence-corrected chi connectivity index (χ4v) is 0.711. The van der Waals surface area contributed by atoms with Gasteiger partial charge in [0.05, 0.1) is 6.61 Å². The van der Waals surface area contributed by atoms with Crippen LogP contribution in [0.2, 0.25) is 0 Å². The van der Waals surface area contributed by atoms with E-state index in [0.29, 0.717) is 0 Å².